The summed E-state index contributed by atoms with van der Waals surface area (Å²) in [6, 6.07) is 23.2. The zero-order valence-electron chi connectivity index (χ0n) is 18.0. The summed E-state index contributed by atoms with van der Waals surface area (Å²) in [5.41, 5.74) is 9.09. The maximum Gasteiger partial charge on any atom is 0.324 e. The molecule has 0 saturated carbocycles. The summed E-state index contributed by atoms with van der Waals surface area (Å²) in [6.07, 6.45) is 0. The van der Waals surface area contributed by atoms with Crippen LogP contribution in [0.25, 0.3) is 16.5 Å². The van der Waals surface area contributed by atoms with Crippen molar-refractivity contribution in [3.8, 4) is 5.69 Å². The highest BCUT2D eigenvalue weighted by Gasteiger charge is 2.21. The van der Waals surface area contributed by atoms with Crippen molar-refractivity contribution in [3.63, 3.8) is 0 Å². The van der Waals surface area contributed by atoms with Gasteiger partial charge in [-0.3, -0.25) is 5.32 Å². The van der Waals surface area contributed by atoms with Gasteiger partial charge < -0.3 is 11.1 Å². The Kier molecular flexibility index (Phi) is 5.48. The van der Waals surface area contributed by atoms with Gasteiger partial charge in [-0.1, -0.05) is 69.3 Å². The van der Waals surface area contributed by atoms with Crippen LogP contribution in [0, 0.1) is 0 Å². The molecule has 4 rings (SSSR count). The van der Waals surface area contributed by atoms with E-state index in [-0.39, 0.29) is 11.4 Å². The van der Waals surface area contributed by atoms with E-state index >= 15 is 0 Å². The molecule has 0 spiro atoms. The Morgan fingerprint density at radius 2 is 1.68 bits per heavy atom. The van der Waals surface area contributed by atoms with Gasteiger partial charge in [-0.05, 0) is 29.1 Å². The lowest BCUT2D eigenvalue weighted by Crippen LogP contribution is -2.21. The average Bonchev–Trinajstić information content (AvgIpc) is 3.18. The summed E-state index contributed by atoms with van der Waals surface area (Å²) in [5.74, 6) is 0.600. The number of hydrogen-bond acceptors (Lipinski definition) is 3. The number of hydrogen-bond donors (Lipinski definition) is 3. The first-order valence-electron chi connectivity index (χ1n) is 10.3. The first-order valence-corrected chi connectivity index (χ1v) is 10.3. The molecular formula is C25H27N5O. The van der Waals surface area contributed by atoms with Crippen molar-refractivity contribution in [2.75, 3.05) is 10.6 Å². The molecule has 4 aromatic rings. The summed E-state index contributed by atoms with van der Waals surface area (Å²) in [5, 5.41) is 12.8. The molecule has 0 radical (unpaired) electrons. The zero-order chi connectivity index (χ0) is 22.0. The molecule has 0 unspecified atom stereocenters. The standard InChI is InChI=1S/C25H27N5O/c1-25(2,3)22-15-23(30(29-22)19-13-11-17(16-26)12-14-19)28-24(31)27-21-10-6-8-18-7-4-5-9-20(18)21/h4-15H,16,26H2,1-3H3,(H2,27,28,31). The highest BCUT2D eigenvalue weighted by atomic mass is 16.2. The molecule has 0 saturated heterocycles. The number of nitrogens with one attached hydrogen (secondary N) is 2. The Labute approximate surface area is 182 Å². The van der Waals surface area contributed by atoms with Gasteiger partial charge in [0.15, 0.2) is 0 Å². The van der Waals surface area contributed by atoms with Gasteiger partial charge in [-0.15, -0.1) is 0 Å². The van der Waals surface area contributed by atoms with Gasteiger partial charge in [-0.25, -0.2) is 9.48 Å². The van der Waals surface area contributed by atoms with Crippen LogP contribution in [0.5, 0.6) is 0 Å². The number of carbonyl (C=O) groups excluding carboxylic acids is 1. The fraction of sp³-hybridized carbons (Fsp3) is 0.200. The fourth-order valence-electron chi connectivity index (χ4n) is 3.41. The molecule has 0 fully saturated rings. The molecular weight excluding hydrogens is 386 g/mol. The lowest BCUT2D eigenvalue weighted by molar-refractivity contribution is 0.262. The van der Waals surface area contributed by atoms with Gasteiger partial charge in [0.25, 0.3) is 0 Å². The Morgan fingerprint density at radius 3 is 2.39 bits per heavy atom. The molecule has 1 aromatic heterocycles. The molecule has 158 valence electrons. The van der Waals surface area contributed by atoms with Crippen LogP contribution < -0.4 is 16.4 Å². The Morgan fingerprint density at radius 1 is 0.968 bits per heavy atom. The number of amides is 2. The van der Waals surface area contributed by atoms with Crippen molar-refractivity contribution in [3.05, 3.63) is 84.1 Å². The van der Waals surface area contributed by atoms with Crippen LogP contribution in [-0.2, 0) is 12.0 Å². The number of nitrogens with zero attached hydrogens (tertiary/aromatic N) is 2. The van der Waals surface area contributed by atoms with Crippen LogP contribution in [0.2, 0.25) is 0 Å². The quantitative estimate of drug-likeness (QED) is 0.417. The molecule has 0 atom stereocenters. The largest absolute Gasteiger partial charge is 0.326 e. The van der Waals surface area contributed by atoms with Gasteiger partial charge in [0, 0.05) is 23.4 Å². The minimum Gasteiger partial charge on any atom is -0.326 e. The van der Waals surface area contributed by atoms with E-state index in [9.17, 15) is 4.79 Å². The summed E-state index contributed by atoms with van der Waals surface area (Å²) in [4.78, 5) is 12.9. The van der Waals surface area contributed by atoms with Crippen LogP contribution in [-0.4, -0.2) is 15.8 Å². The second kappa shape index (κ2) is 8.24. The number of rotatable bonds is 4. The van der Waals surface area contributed by atoms with Gasteiger partial charge in [0.1, 0.15) is 5.82 Å². The Hall–Kier alpha value is -3.64. The minimum atomic E-state index is -0.323. The third kappa shape index (κ3) is 4.44. The second-order valence-electron chi connectivity index (χ2n) is 8.55. The normalized spacial score (nSPS) is 11.5. The first-order chi connectivity index (χ1) is 14.8. The molecule has 1 heterocycles. The van der Waals surface area contributed by atoms with Crippen molar-refractivity contribution in [2.45, 2.75) is 32.7 Å². The van der Waals surface area contributed by atoms with E-state index in [0.717, 1.165) is 33.4 Å². The molecule has 2 amide bonds. The second-order valence-corrected chi connectivity index (χ2v) is 8.55. The predicted octanol–water partition coefficient (Wildman–Crippen LogP) is 5.43. The van der Waals surface area contributed by atoms with E-state index in [1.807, 2.05) is 72.8 Å². The van der Waals surface area contributed by atoms with Crippen LogP contribution in [0.4, 0.5) is 16.3 Å². The summed E-state index contributed by atoms with van der Waals surface area (Å²) in [7, 11) is 0. The molecule has 31 heavy (non-hydrogen) atoms. The van der Waals surface area contributed by atoms with Gasteiger partial charge in [0.2, 0.25) is 0 Å². The van der Waals surface area contributed by atoms with Crippen LogP contribution >= 0.6 is 0 Å². The van der Waals surface area contributed by atoms with Crippen LogP contribution in [0.15, 0.2) is 72.8 Å². The summed E-state index contributed by atoms with van der Waals surface area (Å²) in [6.45, 7) is 6.76. The van der Waals surface area contributed by atoms with E-state index < -0.39 is 0 Å². The molecule has 3 aromatic carbocycles. The average molecular weight is 414 g/mol. The molecule has 0 aliphatic rings. The Bertz CT molecular complexity index is 1210. The Balaban J connectivity index is 1.64. The number of fused-ring (bicyclic) bond motifs is 1. The monoisotopic (exact) mass is 413 g/mol. The molecule has 4 N–H and O–H groups in total. The topological polar surface area (TPSA) is 85.0 Å². The maximum atomic E-state index is 12.9. The number of anilines is 2. The van der Waals surface area contributed by atoms with Crippen molar-refractivity contribution in [1.82, 2.24) is 9.78 Å². The SMILES string of the molecule is CC(C)(C)c1cc(NC(=O)Nc2cccc3ccccc23)n(-c2ccc(CN)cc2)n1. The highest BCUT2D eigenvalue weighted by Crippen LogP contribution is 2.27. The number of aromatic nitrogens is 2. The number of benzene rings is 3. The number of nitrogens with two attached hydrogens (primary N) is 1. The number of carbonyl (C=O) groups is 1. The minimum absolute atomic E-state index is 0.162. The van der Waals surface area contributed by atoms with Gasteiger partial charge in [0.05, 0.1) is 17.1 Å². The van der Waals surface area contributed by atoms with Gasteiger partial charge >= 0.3 is 6.03 Å². The van der Waals surface area contributed by atoms with E-state index in [2.05, 4.69) is 31.4 Å². The lowest BCUT2D eigenvalue weighted by atomic mass is 9.92. The van der Waals surface area contributed by atoms with Crippen LogP contribution in [0.3, 0.4) is 0 Å². The van der Waals surface area contributed by atoms with E-state index in [4.69, 9.17) is 10.8 Å². The van der Waals surface area contributed by atoms with Crippen LogP contribution in [0.1, 0.15) is 32.0 Å². The van der Waals surface area contributed by atoms with Crippen molar-refractivity contribution < 1.29 is 4.79 Å². The smallest absolute Gasteiger partial charge is 0.324 e. The highest BCUT2D eigenvalue weighted by molar-refractivity contribution is 6.06. The van der Waals surface area contributed by atoms with Crippen molar-refractivity contribution in [1.29, 1.82) is 0 Å². The zero-order valence-corrected chi connectivity index (χ0v) is 18.0. The predicted molar refractivity (Wildman–Crippen MR) is 127 cm³/mol. The van der Waals surface area contributed by atoms with E-state index in [1.165, 1.54) is 0 Å². The maximum absolute atomic E-state index is 12.9. The van der Waals surface area contributed by atoms with Gasteiger partial charge in [-0.2, -0.15) is 5.10 Å². The number of urea groups is 1. The molecule has 0 bridgehead atoms. The molecule has 6 heteroatoms. The summed E-state index contributed by atoms with van der Waals surface area (Å²) < 4.78 is 1.75. The first kappa shape index (κ1) is 20.6. The van der Waals surface area contributed by atoms with Crippen molar-refractivity contribution >= 4 is 28.3 Å². The fourth-order valence-corrected chi connectivity index (χ4v) is 3.41. The lowest BCUT2D eigenvalue weighted by Gasteiger charge is -2.14. The third-order valence-corrected chi connectivity index (χ3v) is 5.17. The van der Waals surface area contributed by atoms with Crippen molar-refractivity contribution in [2.24, 2.45) is 5.73 Å². The molecule has 6 nitrogen and oxygen atoms in total. The summed E-state index contributed by atoms with van der Waals surface area (Å²) >= 11 is 0. The van der Waals surface area contributed by atoms with E-state index in [0.29, 0.717) is 12.4 Å². The molecule has 0 aliphatic heterocycles. The molecule has 0 aliphatic carbocycles. The van der Waals surface area contributed by atoms with E-state index in [1.54, 1.807) is 4.68 Å². The third-order valence-electron chi connectivity index (χ3n) is 5.17.